The van der Waals surface area contributed by atoms with Gasteiger partial charge in [-0.05, 0) is 42.5 Å². The summed E-state index contributed by atoms with van der Waals surface area (Å²) in [5.41, 5.74) is 2.24. The molecule has 1 amide bonds. The van der Waals surface area contributed by atoms with E-state index in [1.54, 1.807) is 54.3 Å². The molecule has 0 radical (unpaired) electrons. The smallest absolute Gasteiger partial charge is 0.257 e. The van der Waals surface area contributed by atoms with Gasteiger partial charge in [0, 0.05) is 34.8 Å². The topological polar surface area (TPSA) is 47.4 Å². The molecular formula is C19H17BrClN3O2. The normalized spacial score (nSPS) is 10.6. The van der Waals surface area contributed by atoms with E-state index in [0.29, 0.717) is 22.9 Å². The van der Waals surface area contributed by atoms with Crippen molar-refractivity contribution in [2.24, 2.45) is 0 Å². The van der Waals surface area contributed by atoms with E-state index in [4.69, 9.17) is 16.3 Å². The van der Waals surface area contributed by atoms with Crippen LogP contribution in [0, 0.1) is 0 Å². The highest BCUT2D eigenvalue weighted by Gasteiger charge is 2.16. The molecule has 0 aliphatic carbocycles. The maximum absolute atomic E-state index is 12.7. The molecule has 2 aromatic carbocycles. The Hall–Kier alpha value is -2.31. The fourth-order valence-electron chi connectivity index (χ4n) is 2.59. The lowest BCUT2D eigenvalue weighted by Crippen LogP contribution is -2.26. The van der Waals surface area contributed by atoms with Crippen molar-refractivity contribution in [1.29, 1.82) is 0 Å². The van der Waals surface area contributed by atoms with Crippen molar-refractivity contribution in [1.82, 2.24) is 14.7 Å². The van der Waals surface area contributed by atoms with Gasteiger partial charge in [0.15, 0.2) is 0 Å². The third kappa shape index (κ3) is 4.08. The molecule has 0 aliphatic heterocycles. The zero-order valence-electron chi connectivity index (χ0n) is 14.3. The van der Waals surface area contributed by atoms with Gasteiger partial charge in [0.05, 0.1) is 24.6 Å². The van der Waals surface area contributed by atoms with Crippen LogP contribution >= 0.6 is 27.5 Å². The lowest BCUT2D eigenvalue weighted by Gasteiger charge is -2.18. The number of hydrogen-bond acceptors (Lipinski definition) is 3. The van der Waals surface area contributed by atoms with E-state index < -0.39 is 0 Å². The third-order valence-electron chi connectivity index (χ3n) is 3.92. The average molecular weight is 435 g/mol. The summed E-state index contributed by atoms with van der Waals surface area (Å²) in [6, 6.07) is 13.1. The van der Waals surface area contributed by atoms with Crippen LogP contribution in [0.5, 0.6) is 5.75 Å². The van der Waals surface area contributed by atoms with Crippen LogP contribution in [0.3, 0.4) is 0 Å². The number of methoxy groups -OCH3 is 1. The Bertz CT molecular complexity index is 925. The minimum Gasteiger partial charge on any atom is -0.496 e. The van der Waals surface area contributed by atoms with Gasteiger partial charge in [-0.15, -0.1) is 0 Å². The number of ether oxygens (including phenoxy) is 1. The molecule has 0 fully saturated rings. The molecule has 0 bridgehead atoms. The Morgan fingerprint density at radius 3 is 2.69 bits per heavy atom. The second-order valence-corrected chi connectivity index (χ2v) is 7.12. The molecular weight excluding hydrogens is 418 g/mol. The molecule has 134 valence electrons. The molecule has 0 aliphatic rings. The quantitative estimate of drug-likeness (QED) is 0.591. The average Bonchev–Trinajstić information content (AvgIpc) is 3.12. The largest absolute Gasteiger partial charge is 0.496 e. The van der Waals surface area contributed by atoms with Gasteiger partial charge in [0.25, 0.3) is 5.91 Å². The molecule has 26 heavy (non-hydrogen) atoms. The fourth-order valence-corrected chi connectivity index (χ4v) is 3.05. The van der Waals surface area contributed by atoms with Gasteiger partial charge in [0.1, 0.15) is 5.75 Å². The molecule has 0 atom stereocenters. The second kappa shape index (κ2) is 7.93. The Morgan fingerprint density at radius 2 is 2.00 bits per heavy atom. The van der Waals surface area contributed by atoms with Crippen molar-refractivity contribution >= 4 is 33.4 Å². The Balaban J connectivity index is 1.77. The SMILES string of the molecule is COc1ccc(Cl)cc1CN(C)C(=O)c1cnn(-c2ccc(Br)cc2)c1. The van der Waals surface area contributed by atoms with E-state index in [1.165, 1.54) is 0 Å². The van der Waals surface area contributed by atoms with Crippen LogP contribution in [0.4, 0.5) is 0 Å². The van der Waals surface area contributed by atoms with Gasteiger partial charge in [-0.25, -0.2) is 4.68 Å². The van der Waals surface area contributed by atoms with Crippen LogP contribution in [0.2, 0.25) is 5.02 Å². The molecule has 1 aromatic heterocycles. The summed E-state index contributed by atoms with van der Waals surface area (Å²) in [6.07, 6.45) is 3.29. The van der Waals surface area contributed by atoms with E-state index in [9.17, 15) is 4.79 Å². The van der Waals surface area contributed by atoms with Gasteiger partial charge in [0.2, 0.25) is 0 Å². The van der Waals surface area contributed by atoms with Gasteiger partial charge >= 0.3 is 0 Å². The second-order valence-electron chi connectivity index (χ2n) is 5.77. The van der Waals surface area contributed by atoms with E-state index in [0.717, 1.165) is 15.7 Å². The molecule has 7 heteroatoms. The monoisotopic (exact) mass is 433 g/mol. The van der Waals surface area contributed by atoms with Crippen molar-refractivity contribution in [3.05, 3.63) is 75.5 Å². The maximum Gasteiger partial charge on any atom is 0.257 e. The van der Waals surface area contributed by atoms with Crippen LogP contribution in [0.15, 0.2) is 59.3 Å². The zero-order valence-corrected chi connectivity index (χ0v) is 16.7. The van der Waals surface area contributed by atoms with Crippen molar-refractivity contribution < 1.29 is 9.53 Å². The standard InChI is InChI=1S/C19H17BrClN3O2/c1-23(11-13-9-16(21)5-8-18(13)26-2)19(25)14-10-22-24(12-14)17-6-3-15(20)4-7-17/h3-10,12H,11H2,1-2H3. The first-order valence-corrected chi connectivity index (χ1v) is 9.03. The molecule has 0 unspecified atom stereocenters. The molecule has 3 rings (SSSR count). The molecule has 5 nitrogen and oxygen atoms in total. The van der Waals surface area contributed by atoms with Gasteiger partial charge in [-0.2, -0.15) is 5.10 Å². The highest BCUT2D eigenvalue weighted by Crippen LogP contribution is 2.24. The summed E-state index contributed by atoms with van der Waals surface area (Å²) in [5.74, 6) is 0.565. The molecule has 0 spiro atoms. The predicted molar refractivity (Wildman–Crippen MR) is 105 cm³/mol. The summed E-state index contributed by atoms with van der Waals surface area (Å²) in [6.45, 7) is 0.381. The van der Waals surface area contributed by atoms with Gasteiger partial charge in [-0.1, -0.05) is 27.5 Å². The van der Waals surface area contributed by atoms with Crippen molar-refractivity contribution in [3.8, 4) is 11.4 Å². The lowest BCUT2D eigenvalue weighted by atomic mass is 10.2. The fraction of sp³-hybridized carbons (Fsp3) is 0.158. The van der Waals surface area contributed by atoms with Crippen LogP contribution in [-0.4, -0.2) is 34.7 Å². The molecule has 1 heterocycles. The summed E-state index contributed by atoms with van der Waals surface area (Å²) in [7, 11) is 3.33. The molecule has 0 N–H and O–H groups in total. The minimum absolute atomic E-state index is 0.129. The summed E-state index contributed by atoms with van der Waals surface area (Å²) < 4.78 is 8.00. The summed E-state index contributed by atoms with van der Waals surface area (Å²) in [5, 5.41) is 4.88. The minimum atomic E-state index is -0.129. The van der Waals surface area contributed by atoms with Crippen LogP contribution in [0.1, 0.15) is 15.9 Å². The van der Waals surface area contributed by atoms with Gasteiger partial charge < -0.3 is 9.64 Å². The van der Waals surface area contributed by atoms with E-state index >= 15 is 0 Å². The van der Waals surface area contributed by atoms with Crippen molar-refractivity contribution in [2.75, 3.05) is 14.2 Å². The highest BCUT2D eigenvalue weighted by molar-refractivity contribution is 9.10. The van der Waals surface area contributed by atoms with Crippen LogP contribution < -0.4 is 4.74 Å². The van der Waals surface area contributed by atoms with Gasteiger partial charge in [-0.3, -0.25) is 4.79 Å². The molecule has 3 aromatic rings. The first-order chi connectivity index (χ1) is 12.5. The predicted octanol–water partition coefficient (Wildman–Crippen LogP) is 4.57. The number of hydrogen-bond donors (Lipinski definition) is 0. The van der Waals surface area contributed by atoms with Crippen LogP contribution in [-0.2, 0) is 6.54 Å². The Kier molecular flexibility index (Phi) is 5.64. The van der Waals surface area contributed by atoms with E-state index in [2.05, 4.69) is 21.0 Å². The van der Waals surface area contributed by atoms with E-state index in [1.807, 2.05) is 24.3 Å². The number of amides is 1. The Morgan fingerprint density at radius 1 is 1.27 bits per heavy atom. The van der Waals surface area contributed by atoms with Crippen molar-refractivity contribution in [3.63, 3.8) is 0 Å². The first-order valence-electron chi connectivity index (χ1n) is 7.86. The summed E-state index contributed by atoms with van der Waals surface area (Å²) >= 11 is 9.46. The van der Waals surface area contributed by atoms with E-state index in [-0.39, 0.29) is 5.91 Å². The number of benzene rings is 2. The van der Waals surface area contributed by atoms with Crippen LogP contribution in [0.25, 0.3) is 5.69 Å². The highest BCUT2D eigenvalue weighted by atomic mass is 79.9. The number of rotatable bonds is 5. The van der Waals surface area contributed by atoms with Crippen molar-refractivity contribution in [2.45, 2.75) is 6.54 Å². The first kappa shape index (κ1) is 18.5. The molecule has 0 saturated carbocycles. The summed E-state index contributed by atoms with van der Waals surface area (Å²) in [4.78, 5) is 14.3. The third-order valence-corrected chi connectivity index (χ3v) is 4.68. The number of carbonyl (C=O) groups excluding carboxylic acids is 1. The lowest BCUT2D eigenvalue weighted by molar-refractivity contribution is 0.0784. The maximum atomic E-state index is 12.7. The number of halogens is 2. The number of nitrogens with zero attached hydrogens (tertiary/aromatic N) is 3. The Labute approximate surface area is 165 Å². The zero-order chi connectivity index (χ0) is 18.7. The molecule has 0 saturated heterocycles. The number of carbonyl (C=O) groups is 1. The number of aromatic nitrogens is 2.